The molecule has 12 nitrogen and oxygen atoms in total. The largest absolute Gasteiger partial charge is 0.378 e. The molecule has 2 atom stereocenters. The molecule has 1 aromatic heterocycles. The quantitative estimate of drug-likeness (QED) is 0.274. The Morgan fingerprint density at radius 1 is 0.788 bits per heavy atom. The number of sulfonamides is 1. The summed E-state index contributed by atoms with van der Waals surface area (Å²) in [5.41, 5.74) is 0.514. The first-order valence-corrected chi connectivity index (χ1v) is 18.9. The van der Waals surface area contributed by atoms with Crippen LogP contribution in [0.3, 0.4) is 0 Å². The summed E-state index contributed by atoms with van der Waals surface area (Å²) < 4.78 is 37.2. The summed E-state index contributed by atoms with van der Waals surface area (Å²) in [5.74, 6) is -0.419. The molecule has 0 unspecified atom stereocenters. The average molecular weight is 762 g/mol. The van der Waals surface area contributed by atoms with Gasteiger partial charge in [-0.05, 0) is 65.7 Å². The van der Waals surface area contributed by atoms with Gasteiger partial charge in [-0.3, -0.25) is 23.9 Å². The lowest BCUT2D eigenvalue weighted by atomic mass is 9.94. The van der Waals surface area contributed by atoms with Gasteiger partial charge in [0.25, 0.3) is 21.5 Å². The van der Waals surface area contributed by atoms with Crippen LogP contribution < -0.4 is 9.86 Å². The first-order valence-electron chi connectivity index (χ1n) is 16.7. The van der Waals surface area contributed by atoms with Crippen molar-refractivity contribution in [3.05, 3.63) is 128 Å². The molecule has 4 aromatic rings. The minimum atomic E-state index is -4.41. The van der Waals surface area contributed by atoms with Crippen molar-refractivity contribution in [3.63, 3.8) is 0 Å². The molecule has 0 spiro atoms. The van der Waals surface area contributed by atoms with Gasteiger partial charge in [0.15, 0.2) is 0 Å². The van der Waals surface area contributed by atoms with Crippen LogP contribution in [0.5, 0.6) is 0 Å². The molecule has 7 rings (SSSR count). The summed E-state index contributed by atoms with van der Waals surface area (Å²) in [5, 5.41) is 10.5. The van der Waals surface area contributed by atoms with E-state index in [1.54, 1.807) is 58.3 Å². The standard InChI is InChI=1S/C37H34Cl2N6O6S/c38-28-8-4-26(5-9-28)34-35(27-6-10-29(39)11-7-27)45(52(49,50)30-3-1-2-25(22-30)23-40)32-13-12-31(37(48)44(32)34)36(47)43-16-14-41(15-17-43)24-33(46)42-18-20-51-21-19-42/h1-13,22,34-35H,14-21,24H2/t34-,35+/m0/s1. The molecule has 2 fully saturated rings. The second-order valence-electron chi connectivity index (χ2n) is 12.8. The molecule has 268 valence electrons. The van der Waals surface area contributed by atoms with Gasteiger partial charge >= 0.3 is 0 Å². The minimum Gasteiger partial charge on any atom is -0.378 e. The number of anilines is 1. The number of nitrogens with zero attached hydrogens (tertiary/aromatic N) is 6. The number of hydrogen-bond acceptors (Lipinski definition) is 8. The third-order valence-electron chi connectivity index (χ3n) is 9.71. The summed E-state index contributed by atoms with van der Waals surface area (Å²) in [4.78, 5) is 46.8. The van der Waals surface area contributed by atoms with Crippen molar-refractivity contribution in [1.82, 2.24) is 19.3 Å². The zero-order chi connectivity index (χ0) is 36.6. The lowest BCUT2D eigenvalue weighted by Gasteiger charge is -2.36. The Hall–Kier alpha value is -4.71. The zero-order valence-corrected chi connectivity index (χ0v) is 30.2. The van der Waals surface area contributed by atoms with E-state index in [4.69, 9.17) is 27.9 Å². The van der Waals surface area contributed by atoms with Gasteiger partial charge in [0.1, 0.15) is 11.4 Å². The van der Waals surface area contributed by atoms with Gasteiger partial charge in [0.2, 0.25) is 5.91 Å². The van der Waals surface area contributed by atoms with Crippen LogP contribution in [0.1, 0.15) is 39.1 Å². The highest BCUT2D eigenvalue weighted by Gasteiger charge is 2.48. The highest BCUT2D eigenvalue weighted by Crippen LogP contribution is 2.49. The van der Waals surface area contributed by atoms with Gasteiger partial charge in [0.05, 0.1) is 48.4 Å². The second-order valence-corrected chi connectivity index (χ2v) is 15.5. The third-order valence-corrected chi connectivity index (χ3v) is 12.0. The van der Waals surface area contributed by atoms with E-state index >= 15 is 0 Å². The molecule has 0 aliphatic carbocycles. The highest BCUT2D eigenvalue weighted by atomic mass is 35.5. The lowest BCUT2D eigenvalue weighted by molar-refractivity contribution is -0.136. The van der Waals surface area contributed by atoms with E-state index in [9.17, 15) is 28.1 Å². The van der Waals surface area contributed by atoms with E-state index in [2.05, 4.69) is 0 Å². The number of benzene rings is 3. The van der Waals surface area contributed by atoms with E-state index < -0.39 is 33.6 Å². The molecular weight excluding hydrogens is 727 g/mol. The molecule has 3 aliphatic heterocycles. The number of amides is 2. The predicted molar refractivity (Wildman–Crippen MR) is 195 cm³/mol. The average Bonchev–Trinajstić information content (AvgIpc) is 3.53. The molecule has 4 heterocycles. The third kappa shape index (κ3) is 6.80. The van der Waals surface area contributed by atoms with Crippen LogP contribution in [0.2, 0.25) is 10.0 Å². The van der Waals surface area contributed by atoms with E-state index in [0.29, 0.717) is 73.7 Å². The number of nitriles is 1. The van der Waals surface area contributed by atoms with Gasteiger partial charge in [-0.2, -0.15) is 5.26 Å². The molecule has 3 aromatic carbocycles. The number of aromatic nitrogens is 1. The van der Waals surface area contributed by atoms with Crippen molar-refractivity contribution in [2.24, 2.45) is 0 Å². The van der Waals surface area contributed by atoms with E-state index in [1.807, 2.05) is 11.0 Å². The van der Waals surface area contributed by atoms with Gasteiger partial charge in [-0.25, -0.2) is 12.7 Å². The van der Waals surface area contributed by atoms with Crippen LogP contribution in [0.15, 0.2) is 94.6 Å². The first kappa shape index (κ1) is 35.7. The number of halogens is 2. The van der Waals surface area contributed by atoms with Gasteiger partial charge in [-0.1, -0.05) is 53.5 Å². The number of morpholine rings is 1. The number of fused-ring (bicyclic) bond motifs is 1. The highest BCUT2D eigenvalue weighted by molar-refractivity contribution is 7.92. The number of ether oxygens (including phenoxy) is 1. The second kappa shape index (κ2) is 14.7. The molecule has 52 heavy (non-hydrogen) atoms. The zero-order valence-electron chi connectivity index (χ0n) is 27.9. The summed E-state index contributed by atoms with van der Waals surface area (Å²) in [6.45, 7) is 3.90. The molecule has 0 saturated carbocycles. The van der Waals surface area contributed by atoms with Crippen molar-refractivity contribution in [2.45, 2.75) is 17.0 Å². The van der Waals surface area contributed by atoms with Crippen LogP contribution >= 0.6 is 23.2 Å². The Balaban J connectivity index is 1.28. The fourth-order valence-electron chi connectivity index (χ4n) is 7.03. The van der Waals surface area contributed by atoms with Crippen molar-refractivity contribution in [3.8, 4) is 6.07 Å². The number of carbonyl (C=O) groups excluding carboxylic acids is 2. The van der Waals surface area contributed by atoms with Crippen LogP contribution in [-0.4, -0.2) is 98.5 Å². The van der Waals surface area contributed by atoms with Crippen LogP contribution in [0.4, 0.5) is 5.82 Å². The lowest BCUT2D eigenvalue weighted by Crippen LogP contribution is -2.53. The molecule has 3 aliphatic rings. The Kier molecular flexibility index (Phi) is 10.1. The van der Waals surface area contributed by atoms with Gasteiger partial charge in [-0.15, -0.1) is 0 Å². The smallest absolute Gasteiger partial charge is 0.266 e. The van der Waals surface area contributed by atoms with Crippen molar-refractivity contribution in [1.29, 1.82) is 5.26 Å². The molecule has 2 amide bonds. The number of carbonyl (C=O) groups is 2. The molecule has 2 saturated heterocycles. The monoisotopic (exact) mass is 760 g/mol. The number of rotatable bonds is 7. The van der Waals surface area contributed by atoms with Gasteiger partial charge < -0.3 is 14.5 Å². The van der Waals surface area contributed by atoms with Gasteiger partial charge in [0, 0.05) is 49.3 Å². The molecule has 0 N–H and O–H groups in total. The normalized spacial score (nSPS) is 19.3. The Labute approximate surface area is 311 Å². The molecule has 15 heteroatoms. The maximum Gasteiger partial charge on any atom is 0.266 e. The van der Waals surface area contributed by atoms with E-state index in [-0.39, 0.29) is 34.3 Å². The fraction of sp³-hybridized carbons (Fsp3) is 0.297. The first-order chi connectivity index (χ1) is 25.1. The topological polar surface area (TPSA) is 136 Å². The number of pyridine rings is 1. The summed E-state index contributed by atoms with van der Waals surface area (Å²) >= 11 is 12.5. The predicted octanol–water partition coefficient (Wildman–Crippen LogP) is 4.18. The molecule has 0 radical (unpaired) electrons. The fourth-order valence-corrected chi connectivity index (χ4v) is 8.97. The van der Waals surface area contributed by atoms with E-state index in [1.165, 1.54) is 45.3 Å². The summed E-state index contributed by atoms with van der Waals surface area (Å²) in [7, 11) is -4.41. The van der Waals surface area contributed by atoms with Crippen LogP contribution in [0, 0.1) is 11.3 Å². The summed E-state index contributed by atoms with van der Waals surface area (Å²) in [6.07, 6.45) is 0. The molecule has 0 bridgehead atoms. The van der Waals surface area contributed by atoms with Crippen molar-refractivity contribution >= 4 is 50.9 Å². The Morgan fingerprint density at radius 2 is 1.40 bits per heavy atom. The Bertz CT molecular complexity index is 2210. The van der Waals surface area contributed by atoms with Crippen molar-refractivity contribution < 1.29 is 22.7 Å². The van der Waals surface area contributed by atoms with Crippen LogP contribution in [-0.2, 0) is 19.6 Å². The number of piperazine rings is 1. The van der Waals surface area contributed by atoms with E-state index in [0.717, 1.165) is 0 Å². The Morgan fingerprint density at radius 3 is 2.02 bits per heavy atom. The maximum absolute atomic E-state index is 14.7. The maximum atomic E-state index is 14.7. The summed E-state index contributed by atoms with van der Waals surface area (Å²) in [6, 6.07) is 22.1. The SMILES string of the molecule is N#Cc1cccc(S(=O)(=O)N2c3ccc(C(=O)N4CCN(CC(=O)N5CCOCC5)CC4)c(=O)n3[C@@H](c3ccc(Cl)cc3)[C@H]2c2ccc(Cl)cc2)c1. The van der Waals surface area contributed by atoms with Crippen LogP contribution in [0.25, 0.3) is 0 Å². The van der Waals surface area contributed by atoms with Crippen molar-refractivity contribution in [2.75, 3.05) is 63.3 Å². The number of hydrogen-bond donors (Lipinski definition) is 0. The minimum absolute atomic E-state index is 0.0160. The molecular formula is C37H34Cl2N6O6S.